The highest BCUT2D eigenvalue weighted by atomic mass is 79.9. The number of aromatic nitrogens is 1. The number of methoxy groups -OCH3 is 1. The Morgan fingerprint density at radius 3 is 2.79 bits per heavy atom. The third kappa shape index (κ3) is 3.61. The lowest BCUT2D eigenvalue weighted by molar-refractivity contribution is 0.412. The van der Waals surface area contributed by atoms with E-state index in [1.165, 1.54) is 11.3 Å². The van der Waals surface area contributed by atoms with Crippen LogP contribution in [-0.4, -0.2) is 17.7 Å². The maximum atomic E-state index is 5.87. The maximum absolute atomic E-state index is 5.87. The van der Waals surface area contributed by atoms with E-state index in [1.54, 1.807) is 7.11 Å². The Morgan fingerprint density at radius 1 is 1.37 bits per heavy atom. The maximum Gasteiger partial charge on any atom is 0.133 e. The van der Waals surface area contributed by atoms with Crippen LogP contribution in [0.1, 0.15) is 18.2 Å². The zero-order valence-corrected chi connectivity index (χ0v) is 12.9. The lowest BCUT2D eigenvalue weighted by Crippen LogP contribution is -2.20. The van der Waals surface area contributed by atoms with E-state index in [1.807, 2.05) is 13.0 Å². The van der Waals surface area contributed by atoms with Crippen LogP contribution >= 0.6 is 15.9 Å². The van der Waals surface area contributed by atoms with E-state index in [4.69, 9.17) is 10.5 Å². The fourth-order valence-corrected chi connectivity index (χ4v) is 2.71. The molecule has 2 N–H and O–H groups in total. The molecule has 0 bridgehead atoms. The van der Waals surface area contributed by atoms with E-state index in [9.17, 15) is 0 Å². The van der Waals surface area contributed by atoms with Crippen molar-refractivity contribution in [3.05, 3.63) is 52.3 Å². The van der Waals surface area contributed by atoms with Gasteiger partial charge in [0.2, 0.25) is 0 Å². The average Bonchev–Trinajstić information content (AvgIpc) is 2.76. The molecule has 1 atom stereocenters. The summed E-state index contributed by atoms with van der Waals surface area (Å²) >= 11 is 3.52. The Kier molecular flexibility index (Phi) is 4.66. The first-order chi connectivity index (χ1) is 9.10. The molecular weight excluding hydrogens is 304 g/mol. The van der Waals surface area contributed by atoms with Crippen LogP contribution in [0, 0.1) is 0 Å². The lowest BCUT2D eigenvalue weighted by atomic mass is 10.2. The normalized spacial score (nSPS) is 12.4. The molecule has 0 aliphatic carbocycles. The van der Waals surface area contributed by atoms with Crippen LogP contribution in [0.15, 0.2) is 41.0 Å². The molecule has 1 unspecified atom stereocenters. The van der Waals surface area contributed by atoms with Gasteiger partial charge in [0.05, 0.1) is 11.6 Å². The van der Waals surface area contributed by atoms with Gasteiger partial charge in [-0.3, -0.25) is 0 Å². The second-order valence-corrected chi connectivity index (χ2v) is 5.63. The predicted octanol–water partition coefficient (Wildman–Crippen LogP) is 3.20. The molecule has 4 heteroatoms. The molecule has 0 amide bonds. The zero-order chi connectivity index (χ0) is 13.8. The van der Waals surface area contributed by atoms with Crippen LogP contribution < -0.4 is 10.5 Å². The van der Waals surface area contributed by atoms with Crippen LogP contribution in [0.2, 0.25) is 0 Å². The highest BCUT2D eigenvalue weighted by Crippen LogP contribution is 2.26. The average molecular weight is 323 g/mol. The molecule has 0 fully saturated rings. The van der Waals surface area contributed by atoms with E-state index in [0.29, 0.717) is 0 Å². The van der Waals surface area contributed by atoms with Gasteiger partial charge in [0.15, 0.2) is 0 Å². The smallest absolute Gasteiger partial charge is 0.133 e. The molecule has 0 saturated heterocycles. The summed E-state index contributed by atoms with van der Waals surface area (Å²) in [6, 6.07) is 10.5. The second kappa shape index (κ2) is 6.26. The molecule has 0 aliphatic heterocycles. The summed E-state index contributed by atoms with van der Waals surface area (Å²) in [4.78, 5) is 0. The number of nitrogens with two attached hydrogens (primary N) is 1. The first kappa shape index (κ1) is 14.2. The molecular formula is C15H19BrN2O. The van der Waals surface area contributed by atoms with Gasteiger partial charge in [0, 0.05) is 30.9 Å². The summed E-state index contributed by atoms with van der Waals surface area (Å²) < 4.78 is 8.46. The minimum absolute atomic E-state index is 0.177. The number of benzene rings is 1. The van der Waals surface area contributed by atoms with Gasteiger partial charge in [0.25, 0.3) is 0 Å². The summed E-state index contributed by atoms with van der Waals surface area (Å²) in [6.45, 7) is 2.87. The van der Waals surface area contributed by atoms with Crippen molar-refractivity contribution in [3.63, 3.8) is 0 Å². The van der Waals surface area contributed by atoms with Gasteiger partial charge in [-0.25, -0.2) is 0 Å². The van der Waals surface area contributed by atoms with E-state index in [-0.39, 0.29) is 6.04 Å². The fraction of sp³-hybridized carbons (Fsp3) is 0.333. The van der Waals surface area contributed by atoms with Crippen molar-refractivity contribution in [1.29, 1.82) is 0 Å². The van der Waals surface area contributed by atoms with Crippen molar-refractivity contribution in [1.82, 2.24) is 4.57 Å². The topological polar surface area (TPSA) is 40.2 Å². The number of rotatable bonds is 5. The minimum atomic E-state index is 0.177. The molecule has 0 radical (unpaired) electrons. The molecule has 2 aromatic rings. The Labute approximate surface area is 122 Å². The summed E-state index contributed by atoms with van der Waals surface area (Å²) in [5.74, 6) is 0.854. The number of ether oxygens (including phenoxy) is 1. The standard InChI is InChI=1S/C15H19BrN2O/c1-11(17)8-13-4-3-7-18(13)10-12-5-6-15(19-2)14(16)9-12/h3-7,9,11H,8,10,17H2,1-2H3. The van der Waals surface area contributed by atoms with E-state index < -0.39 is 0 Å². The first-order valence-corrected chi connectivity index (χ1v) is 7.11. The molecule has 3 nitrogen and oxygen atoms in total. The fourth-order valence-electron chi connectivity index (χ4n) is 2.12. The third-order valence-electron chi connectivity index (χ3n) is 3.02. The quantitative estimate of drug-likeness (QED) is 0.918. The van der Waals surface area contributed by atoms with Crippen molar-refractivity contribution in [2.45, 2.75) is 25.9 Å². The Morgan fingerprint density at radius 2 is 2.16 bits per heavy atom. The number of hydrogen-bond acceptors (Lipinski definition) is 2. The van der Waals surface area contributed by atoms with Crippen LogP contribution in [-0.2, 0) is 13.0 Å². The van der Waals surface area contributed by atoms with Crippen molar-refractivity contribution in [2.24, 2.45) is 5.73 Å². The molecule has 0 saturated carbocycles. The van der Waals surface area contributed by atoms with Gasteiger partial charge in [-0.15, -0.1) is 0 Å². The predicted molar refractivity (Wildman–Crippen MR) is 81.6 cm³/mol. The summed E-state index contributed by atoms with van der Waals surface area (Å²) in [5, 5.41) is 0. The summed E-state index contributed by atoms with van der Waals surface area (Å²) in [7, 11) is 1.67. The largest absolute Gasteiger partial charge is 0.496 e. The monoisotopic (exact) mass is 322 g/mol. The van der Waals surface area contributed by atoms with E-state index >= 15 is 0 Å². The SMILES string of the molecule is COc1ccc(Cn2cccc2CC(C)N)cc1Br. The van der Waals surface area contributed by atoms with Crippen LogP contribution in [0.3, 0.4) is 0 Å². The zero-order valence-electron chi connectivity index (χ0n) is 11.3. The van der Waals surface area contributed by atoms with Gasteiger partial charge in [-0.05, 0) is 52.7 Å². The van der Waals surface area contributed by atoms with Gasteiger partial charge < -0.3 is 15.0 Å². The van der Waals surface area contributed by atoms with Gasteiger partial charge in [-0.2, -0.15) is 0 Å². The highest BCUT2D eigenvalue weighted by molar-refractivity contribution is 9.10. The molecule has 0 aliphatic rings. The molecule has 1 aromatic heterocycles. The molecule has 0 spiro atoms. The number of nitrogens with zero attached hydrogens (tertiary/aromatic N) is 1. The first-order valence-electron chi connectivity index (χ1n) is 6.32. The summed E-state index contributed by atoms with van der Waals surface area (Å²) in [5.41, 5.74) is 8.37. The second-order valence-electron chi connectivity index (χ2n) is 4.78. The van der Waals surface area contributed by atoms with Crippen LogP contribution in [0.4, 0.5) is 0 Å². The van der Waals surface area contributed by atoms with Gasteiger partial charge >= 0.3 is 0 Å². The van der Waals surface area contributed by atoms with E-state index in [2.05, 4.69) is 51.0 Å². The van der Waals surface area contributed by atoms with Crippen molar-refractivity contribution >= 4 is 15.9 Å². The number of halogens is 1. The third-order valence-corrected chi connectivity index (χ3v) is 3.64. The molecule has 1 aromatic carbocycles. The molecule has 1 heterocycles. The lowest BCUT2D eigenvalue weighted by Gasteiger charge is -2.12. The Balaban J connectivity index is 2.17. The molecule has 19 heavy (non-hydrogen) atoms. The van der Waals surface area contributed by atoms with Crippen LogP contribution in [0.25, 0.3) is 0 Å². The van der Waals surface area contributed by atoms with Crippen molar-refractivity contribution in [2.75, 3.05) is 7.11 Å². The molecule has 102 valence electrons. The van der Waals surface area contributed by atoms with Crippen molar-refractivity contribution < 1.29 is 4.74 Å². The Hall–Kier alpha value is -1.26. The highest BCUT2D eigenvalue weighted by Gasteiger charge is 2.06. The number of hydrogen-bond donors (Lipinski definition) is 1. The minimum Gasteiger partial charge on any atom is -0.496 e. The Bertz CT molecular complexity index is 549. The van der Waals surface area contributed by atoms with Crippen molar-refractivity contribution in [3.8, 4) is 5.75 Å². The molecule has 2 rings (SSSR count). The van der Waals surface area contributed by atoms with Gasteiger partial charge in [0.1, 0.15) is 5.75 Å². The van der Waals surface area contributed by atoms with Crippen LogP contribution in [0.5, 0.6) is 5.75 Å². The van der Waals surface area contributed by atoms with Gasteiger partial charge in [-0.1, -0.05) is 6.07 Å². The summed E-state index contributed by atoms with van der Waals surface area (Å²) in [6.07, 6.45) is 2.99. The van der Waals surface area contributed by atoms with E-state index in [0.717, 1.165) is 23.2 Å².